The van der Waals surface area contributed by atoms with Crippen molar-refractivity contribution in [1.82, 2.24) is 30.8 Å². The second-order valence-corrected chi connectivity index (χ2v) is 7.68. The molecule has 3 rings (SSSR count). The Labute approximate surface area is 164 Å². The minimum absolute atomic E-state index is 0.120. The SMILES string of the molecule is FC(F)(F)C1=NNN(Cc2cc(C(Cl)(Cl)Cl)n(-c3ncccc3Cl)n2)N1. The number of hydrogen-bond donors (Lipinski definition) is 2. The standard InChI is InChI=1S/C12H8Cl4F3N7/c13-7-2-1-3-20-9(7)26-8(11(14,15)16)4-6(22-26)5-25-23-10(21-24-25)12(17,18)19/h1-4,24H,5H2,(H,21,23). The third kappa shape index (κ3) is 4.09. The Morgan fingerprint density at radius 2 is 1.92 bits per heavy atom. The van der Waals surface area contributed by atoms with Crippen molar-refractivity contribution in [3.63, 3.8) is 0 Å². The average Bonchev–Trinajstić information content (AvgIpc) is 3.14. The first kappa shape index (κ1) is 19.3. The molecule has 0 spiro atoms. The molecule has 1 aliphatic rings. The maximum Gasteiger partial charge on any atom is 0.452 e. The molecular formula is C12H8Cl4F3N7. The highest BCUT2D eigenvalue weighted by Crippen LogP contribution is 2.40. The number of nitrogens with one attached hydrogen (secondary N) is 2. The molecule has 0 unspecified atom stereocenters. The smallest absolute Gasteiger partial charge is 0.278 e. The van der Waals surface area contributed by atoms with Crippen LogP contribution in [0, 0.1) is 0 Å². The van der Waals surface area contributed by atoms with E-state index in [-0.39, 0.29) is 28.8 Å². The summed E-state index contributed by atoms with van der Waals surface area (Å²) in [4.78, 5) is 4.09. The van der Waals surface area contributed by atoms with Crippen molar-refractivity contribution in [3.05, 3.63) is 40.8 Å². The van der Waals surface area contributed by atoms with E-state index in [0.29, 0.717) is 0 Å². The number of halogens is 7. The zero-order chi connectivity index (χ0) is 19.1. The Bertz CT molecular complexity index is 846. The van der Waals surface area contributed by atoms with Crippen LogP contribution in [0.15, 0.2) is 29.5 Å². The quantitative estimate of drug-likeness (QED) is 0.704. The highest BCUT2D eigenvalue weighted by molar-refractivity contribution is 6.66. The fourth-order valence-corrected chi connectivity index (χ4v) is 2.66. The summed E-state index contributed by atoms with van der Waals surface area (Å²) in [6.07, 6.45) is -3.15. The Kier molecular flexibility index (Phi) is 5.15. The number of hydrazine groups is 2. The van der Waals surface area contributed by atoms with E-state index in [0.717, 1.165) is 5.12 Å². The van der Waals surface area contributed by atoms with Crippen LogP contribution in [0.25, 0.3) is 5.82 Å². The number of amidine groups is 1. The van der Waals surface area contributed by atoms with Gasteiger partial charge in [0.25, 0.3) is 0 Å². The van der Waals surface area contributed by atoms with Crippen LogP contribution in [0.4, 0.5) is 13.2 Å². The van der Waals surface area contributed by atoms with E-state index in [1.807, 2.05) is 0 Å². The van der Waals surface area contributed by atoms with Gasteiger partial charge in [-0.2, -0.15) is 18.3 Å². The molecule has 3 heterocycles. The van der Waals surface area contributed by atoms with Crippen LogP contribution >= 0.6 is 46.4 Å². The fourth-order valence-electron chi connectivity index (χ4n) is 2.06. The van der Waals surface area contributed by atoms with Gasteiger partial charge in [-0.15, -0.1) is 10.2 Å². The lowest BCUT2D eigenvalue weighted by Gasteiger charge is -2.14. The van der Waals surface area contributed by atoms with Gasteiger partial charge in [-0.05, 0) is 18.2 Å². The van der Waals surface area contributed by atoms with Crippen molar-refractivity contribution < 1.29 is 13.2 Å². The summed E-state index contributed by atoms with van der Waals surface area (Å²) in [5.74, 6) is -0.984. The van der Waals surface area contributed by atoms with Crippen LogP contribution in [0.5, 0.6) is 0 Å². The van der Waals surface area contributed by atoms with Crippen LogP contribution in [-0.2, 0) is 10.3 Å². The molecule has 1 aliphatic heterocycles. The van der Waals surface area contributed by atoms with E-state index in [1.54, 1.807) is 12.1 Å². The Balaban J connectivity index is 1.88. The number of nitrogens with zero attached hydrogens (tertiary/aromatic N) is 5. The van der Waals surface area contributed by atoms with Gasteiger partial charge in [0, 0.05) is 6.20 Å². The van der Waals surface area contributed by atoms with Gasteiger partial charge in [-0.1, -0.05) is 46.4 Å². The van der Waals surface area contributed by atoms with Gasteiger partial charge in [0.2, 0.25) is 9.63 Å². The van der Waals surface area contributed by atoms with Crippen molar-refractivity contribution in [3.8, 4) is 5.82 Å². The van der Waals surface area contributed by atoms with E-state index in [1.165, 1.54) is 16.9 Å². The van der Waals surface area contributed by atoms with Gasteiger partial charge >= 0.3 is 6.18 Å². The first-order valence-corrected chi connectivity index (χ1v) is 8.28. The molecule has 0 bridgehead atoms. The van der Waals surface area contributed by atoms with Crippen LogP contribution < -0.4 is 11.0 Å². The second-order valence-electron chi connectivity index (χ2n) is 5.00. The molecule has 0 radical (unpaired) electrons. The number of hydrazone groups is 1. The largest absolute Gasteiger partial charge is 0.452 e. The lowest BCUT2D eigenvalue weighted by atomic mass is 10.3. The van der Waals surface area contributed by atoms with Crippen LogP contribution in [0.2, 0.25) is 5.02 Å². The van der Waals surface area contributed by atoms with Crippen molar-refractivity contribution >= 4 is 52.2 Å². The first-order chi connectivity index (χ1) is 12.1. The maximum atomic E-state index is 12.6. The van der Waals surface area contributed by atoms with Crippen LogP contribution in [0.1, 0.15) is 11.4 Å². The topological polar surface area (TPSA) is 70.4 Å². The predicted octanol–water partition coefficient (Wildman–Crippen LogP) is 3.45. The summed E-state index contributed by atoms with van der Waals surface area (Å²) >= 11 is 24.0. The third-order valence-corrected chi connectivity index (χ3v) is 3.98. The molecular weight excluding hydrogens is 441 g/mol. The summed E-state index contributed by atoms with van der Waals surface area (Å²) in [7, 11) is 0. The Morgan fingerprint density at radius 1 is 1.19 bits per heavy atom. The monoisotopic (exact) mass is 447 g/mol. The second kappa shape index (κ2) is 6.93. The summed E-state index contributed by atoms with van der Waals surface area (Å²) < 4.78 is 37.2. The van der Waals surface area contributed by atoms with E-state index in [4.69, 9.17) is 46.4 Å². The number of rotatable bonds is 3. The summed E-state index contributed by atoms with van der Waals surface area (Å²) in [6.45, 7) is -0.131. The fraction of sp³-hybridized carbons (Fsp3) is 0.250. The van der Waals surface area contributed by atoms with Gasteiger partial charge < -0.3 is 0 Å². The van der Waals surface area contributed by atoms with E-state index >= 15 is 0 Å². The molecule has 140 valence electrons. The number of pyridine rings is 1. The molecule has 2 aromatic heterocycles. The van der Waals surface area contributed by atoms with Crippen molar-refractivity contribution in [2.75, 3.05) is 0 Å². The minimum Gasteiger partial charge on any atom is -0.278 e. The van der Waals surface area contributed by atoms with Gasteiger partial charge in [-0.3, -0.25) is 5.43 Å². The molecule has 0 amide bonds. The molecule has 0 fully saturated rings. The van der Waals surface area contributed by atoms with E-state index < -0.39 is 15.8 Å². The minimum atomic E-state index is -4.62. The molecule has 14 heteroatoms. The highest BCUT2D eigenvalue weighted by Gasteiger charge is 2.40. The summed E-state index contributed by atoms with van der Waals surface area (Å²) in [6, 6.07) is 4.59. The Hall–Kier alpha value is -1.46. The molecule has 0 aliphatic carbocycles. The van der Waals surface area contributed by atoms with Gasteiger partial charge in [-0.25, -0.2) is 15.2 Å². The maximum absolute atomic E-state index is 12.6. The lowest BCUT2D eigenvalue weighted by molar-refractivity contribution is -0.0634. The predicted molar refractivity (Wildman–Crippen MR) is 90.9 cm³/mol. The van der Waals surface area contributed by atoms with Gasteiger partial charge in [0.1, 0.15) is 0 Å². The normalized spacial score (nSPS) is 15.6. The number of alkyl halides is 6. The number of hydrogen-bond acceptors (Lipinski definition) is 6. The summed E-state index contributed by atoms with van der Waals surface area (Å²) in [5.41, 5.74) is 4.63. The molecule has 0 aromatic carbocycles. The molecule has 2 aromatic rings. The molecule has 0 saturated heterocycles. The van der Waals surface area contributed by atoms with Gasteiger partial charge in [0.15, 0.2) is 5.82 Å². The summed E-state index contributed by atoms with van der Waals surface area (Å²) in [5, 5.41) is 8.58. The van der Waals surface area contributed by atoms with Crippen LogP contribution in [0.3, 0.4) is 0 Å². The van der Waals surface area contributed by atoms with Gasteiger partial charge in [0.05, 0.1) is 23.0 Å². The lowest BCUT2D eigenvalue weighted by Crippen LogP contribution is -2.44. The Morgan fingerprint density at radius 3 is 2.50 bits per heavy atom. The highest BCUT2D eigenvalue weighted by atomic mass is 35.6. The van der Waals surface area contributed by atoms with Crippen molar-refractivity contribution in [1.29, 1.82) is 0 Å². The number of aromatic nitrogens is 3. The van der Waals surface area contributed by atoms with Crippen molar-refractivity contribution in [2.45, 2.75) is 16.5 Å². The molecule has 0 saturated carbocycles. The van der Waals surface area contributed by atoms with Crippen molar-refractivity contribution in [2.24, 2.45) is 5.10 Å². The first-order valence-electron chi connectivity index (χ1n) is 6.77. The molecule has 26 heavy (non-hydrogen) atoms. The van der Waals surface area contributed by atoms with E-state index in [2.05, 4.69) is 26.1 Å². The zero-order valence-corrected chi connectivity index (χ0v) is 15.4. The average molecular weight is 449 g/mol. The molecule has 7 nitrogen and oxygen atoms in total. The van der Waals surface area contributed by atoms with Crippen LogP contribution in [-0.4, -0.2) is 31.9 Å². The molecule has 2 N–H and O–H groups in total. The third-order valence-electron chi connectivity index (χ3n) is 3.10. The molecule has 0 atom stereocenters. The van der Waals surface area contributed by atoms with E-state index in [9.17, 15) is 13.2 Å². The zero-order valence-electron chi connectivity index (χ0n) is 12.4.